The molecular weight excluding hydrogens is 258 g/mol. The Balaban J connectivity index is 3.25. The molecule has 0 aliphatic carbocycles. The molecule has 1 aromatic carbocycles. The number of hydrogen-bond donors (Lipinski definition) is 5. The molecule has 0 amide bonds. The monoisotopic (exact) mass is 268 g/mol. The van der Waals surface area contributed by atoms with E-state index in [9.17, 15) is 14.2 Å². The summed E-state index contributed by atoms with van der Waals surface area (Å²) in [6.45, 7) is 0. The van der Waals surface area contributed by atoms with E-state index in [2.05, 4.69) is 0 Å². The Kier molecular flexibility index (Phi) is 3.59. The molecule has 1 aromatic rings. The zero-order valence-electron chi connectivity index (χ0n) is 7.89. The molecule has 0 heterocycles. The Hall–Kier alpha value is -0.680. The van der Waals surface area contributed by atoms with E-state index in [1.807, 2.05) is 0 Å². The fourth-order valence-corrected chi connectivity index (χ4v) is 2.56. The highest BCUT2D eigenvalue weighted by atomic mass is 31.2. The van der Waals surface area contributed by atoms with E-state index >= 15 is 0 Å². The molecule has 0 aromatic heterocycles. The summed E-state index contributed by atoms with van der Waals surface area (Å²) in [5, 5.41) is 8.81. The van der Waals surface area contributed by atoms with Crippen molar-refractivity contribution >= 4 is 20.5 Å². The first-order valence-corrected chi connectivity index (χ1v) is 7.44. The molecule has 0 atom stereocenters. The van der Waals surface area contributed by atoms with Gasteiger partial charge in [0.25, 0.3) is 0 Å². The number of rotatable bonds is 3. The van der Waals surface area contributed by atoms with Gasteiger partial charge in [-0.15, -0.1) is 0 Å². The van der Waals surface area contributed by atoms with E-state index in [-0.39, 0.29) is 5.56 Å². The van der Waals surface area contributed by atoms with Crippen molar-refractivity contribution in [3.05, 3.63) is 23.8 Å². The van der Waals surface area contributed by atoms with Gasteiger partial charge in [-0.3, -0.25) is 9.13 Å². The number of aromatic hydroxyl groups is 1. The Bertz CT molecular complexity index is 486. The number of para-hydroxylation sites is 1. The third-order valence-electron chi connectivity index (χ3n) is 1.79. The summed E-state index contributed by atoms with van der Waals surface area (Å²) < 4.78 is 21.6. The van der Waals surface area contributed by atoms with E-state index in [0.717, 1.165) is 6.07 Å². The summed E-state index contributed by atoms with van der Waals surface area (Å²) in [6.07, 6.45) is -0.771. The molecule has 9 heteroatoms. The lowest BCUT2D eigenvalue weighted by molar-refractivity contribution is 0.368. The second kappa shape index (κ2) is 4.30. The third-order valence-corrected chi connectivity index (χ3v) is 3.53. The standard InChI is InChI=1S/C7H10O7P2/c8-7-5(4-15(9,10)11)2-1-3-6(7)16(12,13)14/h1-3,8H,4H2,(H2,9,10,11)(H2,12,13,14). The minimum Gasteiger partial charge on any atom is -0.507 e. The fraction of sp³-hybridized carbons (Fsp3) is 0.143. The molecule has 16 heavy (non-hydrogen) atoms. The van der Waals surface area contributed by atoms with Gasteiger partial charge in [-0.1, -0.05) is 12.1 Å². The van der Waals surface area contributed by atoms with Crippen LogP contribution in [-0.2, 0) is 15.3 Å². The van der Waals surface area contributed by atoms with Crippen LogP contribution in [-0.4, -0.2) is 24.7 Å². The van der Waals surface area contributed by atoms with Crippen LogP contribution in [0.4, 0.5) is 0 Å². The van der Waals surface area contributed by atoms with Crippen LogP contribution in [0.25, 0.3) is 0 Å². The molecular formula is C7H10O7P2. The van der Waals surface area contributed by atoms with Gasteiger partial charge in [0.15, 0.2) is 0 Å². The van der Waals surface area contributed by atoms with Crippen molar-refractivity contribution < 1.29 is 33.8 Å². The van der Waals surface area contributed by atoms with E-state index in [1.54, 1.807) is 0 Å². The molecule has 0 aliphatic heterocycles. The van der Waals surface area contributed by atoms with Crippen LogP contribution in [0, 0.1) is 0 Å². The molecule has 0 saturated carbocycles. The lowest BCUT2D eigenvalue weighted by atomic mass is 10.2. The highest BCUT2D eigenvalue weighted by Crippen LogP contribution is 2.44. The van der Waals surface area contributed by atoms with Crippen molar-refractivity contribution in [3.8, 4) is 5.75 Å². The average Bonchev–Trinajstić information content (AvgIpc) is 2.04. The molecule has 0 saturated heterocycles. The predicted octanol–water partition coefficient (Wildman–Crippen LogP) is -0.127. The number of phenolic OH excluding ortho intramolecular Hbond substituents is 1. The van der Waals surface area contributed by atoms with Crippen molar-refractivity contribution in [2.45, 2.75) is 6.16 Å². The number of phenols is 1. The lowest BCUT2D eigenvalue weighted by Crippen LogP contribution is -2.06. The summed E-state index contributed by atoms with van der Waals surface area (Å²) >= 11 is 0. The van der Waals surface area contributed by atoms with Gasteiger partial charge in [-0.25, -0.2) is 0 Å². The van der Waals surface area contributed by atoms with Gasteiger partial charge in [0, 0.05) is 5.56 Å². The minimum atomic E-state index is -4.65. The van der Waals surface area contributed by atoms with Gasteiger partial charge in [0.1, 0.15) is 11.1 Å². The van der Waals surface area contributed by atoms with Gasteiger partial charge in [-0.05, 0) is 6.07 Å². The average molecular weight is 268 g/mol. The van der Waals surface area contributed by atoms with Crippen molar-refractivity contribution in [1.29, 1.82) is 0 Å². The van der Waals surface area contributed by atoms with Crippen LogP contribution in [0.1, 0.15) is 5.56 Å². The van der Waals surface area contributed by atoms with Gasteiger partial charge in [0.2, 0.25) is 0 Å². The molecule has 5 N–H and O–H groups in total. The predicted molar refractivity (Wildman–Crippen MR) is 55.5 cm³/mol. The molecule has 0 spiro atoms. The SMILES string of the molecule is O=P(O)(O)Cc1cccc(P(=O)(O)O)c1O. The molecule has 0 aliphatic rings. The van der Waals surface area contributed by atoms with E-state index in [4.69, 9.17) is 19.6 Å². The van der Waals surface area contributed by atoms with E-state index in [1.165, 1.54) is 12.1 Å². The molecule has 0 radical (unpaired) electrons. The summed E-state index contributed by atoms with van der Waals surface area (Å²) in [5.41, 5.74) is -0.200. The van der Waals surface area contributed by atoms with Crippen molar-refractivity contribution in [3.63, 3.8) is 0 Å². The zero-order valence-corrected chi connectivity index (χ0v) is 9.68. The van der Waals surface area contributed by atoms with Gasteiger partial charge >= 0.3 is 15.2 Å². The summed E-state index contributed by atoms with van der Waals surface area (Å²) in [5.74, 6) is -0.779. The van der Waals surface area contributed by atoms with Crippen molar-refractivity contribution in [1.82, 2.24) is 0 Å². The number of hydrogen-bond acceptors (Lipinski definition) is 3. The topological polar surface area (TPSA) is 135 Å². The van der Waals surface area contributed by atoms with Gasteiger partial charge < -0.3 is 24.7 Å². The highest BCUT2D eigenvalue weighted by molar-refractivity contribution is 7.60. The first-order valence-electron chi connectivity index (χ1n) is 4.03. The van der Waals surface area contributed by atoms with Crippen LogP contribution in [0.3, 0.4) is 0 Å². The Morgan fingerprint density at radius 2 is 1.62 bits per heavy atom. The highest BCUT2D eigenvalue weighted by Gasteiger charge is 2.25. The normalized spacial score (nSPS) is 12.8. The zero-order chi connectivity index (χ0) is 12.6. The summed E-state index contributed by atoms with van der Waals surface area (Å²) in [7, 11) is -9.05. The second-order valence-electron chi connectivity index (χ2n) is 3.15. The van der Waals surface area contributed by atoms with E-state index in [0.29, 0.717) is 0 Å². The maximum absolute atomic E-state index is 10.9. The van der Waals surface area contributed by atoms with Crippen LogP contribution >= 0.6 is 15.2 Å². The molecule has 1 rings (SSSR count). The largest absolute Gasteiger partial charge is 0.507 e. The first kappa shape index (κ1) is 13.4. The summed E-state index contributed by atoms with van der Waals surface area (Å²) in [6, 6.07) is 3.39. The lowest BCUT2D eigenvalue weighted by Gasteiger charge is -2.11. The van der Waals surface area contributed by atoms with Crippen LogP contribution in [0.5, 0.6) is 5.75 Å². The van der Waals surface area contributed by atoms with Crippen LogP contribution < -0.4 is 5.30 Å². The van der Waals surface area contributed by atoms with Crippen molar-refractivity contribution in [2.75, 3.05) is 0 Å². The van der Waals surface area contributed by atoms with Crippen LogP contribution in [0.15, 0.2) is 18.2 Å². The second-order valence-corrected chi connectivity index (χ2v) is 6.37. The van der Waals surface area contributed by atoms with E-state index < -0.39 is 32.4 Å². The fourth-order valence-electron chi connectivity index (χ4n) is 1.16. The maximum Gasteiger partial charge on any atom is 0.359 e. The Labute approximate surface area is 90.7 Å². The Morgan fingerprint density at radius 3 is 2.06 bits per heavy atom. The number of benzene rings is 1. The maximum atomic E-state index is 10.9. The van der Waals surface area contributed by atoms with Gasteiger partial charge in [-0.2, -0.15) is 0 Å². The third kappa shape index (κ3) is 3.42. The quantitative estimate of drug-likeness (QED) is 0.482. The van der Waals surface area contributed by atoms with Crippen LogP contribution in [0.2, 0.25) is 0 Å². The molecule has 0 bridgehead atoms. The summed E-state index contributed by atoms with van der Waals surface area (Å²) in [4.78, 5) is 35.1. The molecule has 7 nitrogen and oxygen atoms in total. The minimum absolute atomic E-state index is 0.200. The Morgan fingerprint density at radius 1 is 1.06 bits per heavy atom. The first-order chi connectivity index (χ1) is 7.11. The molecule has 0 fully saturated rings. The van der Waals surface area contributed by atoms with Gasteiger partial charge in [0.05, 0.1) is 6.16 Å². The smallest absolute Gasteiger partial charge is 0.359 e. The van der Waals surface area contributed by atoms with Crippen molar-refractivity contribution in [2.24, 2.45) is 0 Å². The molecule has 90 valence electrons. The molecule has 0 unspecified atom stereocenters.